The van der Waals surface area contributed by atoms with E-state index >= 15 is 0 Å². The number of carbonyl (C=O) groups excluding carboxylic acids is 1. The first kappa shape index (κ1) is 18.2. The lowest BCUT2D eigenvalue weighted by Crippen LogP contribution is -2.26. The van der Waals surface area contributed by atoms with E-state index in [2.05, 4.69) is 51.3 Å². The van der Waals surface area contributed by atoms with Gasteiger partial charge in [-0.2, -0.15) is 5.10 Å². The largest absolute Gasteiger partial charge is 0.352 e. The molecule has 0 aliphatic carbocycles. The predicted octanol–water partition coefficient (Wildman–Crippen LogP) is 3.05. The third kappa shape index (κ3) is 3.13. The van der Waals surface area contributed by atoms with Crippen LogP contribution in [0.15, 0.2) is 18.2 Å². The Balaban J connectivity index is 1.52. The van der Waals surface area contributed by atoms with Crippen molar-refractivity contribution in [1.82, 2.24) is 30.0 Å². The predicted molar refractivity (Wildman–Crippen MR) is 110 cm³/mol. The van der Waals surface area contributed by atoms with Gasteiger partial charge in [0.05, 0.1) is 27.7 Å². The van der Waals surface area contributed by atoms with Crippen LogP contribution in [0.1, 0.15) is 38.7 Å². The smallest absolute Gasteiger partial charge is 0.252 e. The van der Waals surface area contributed by atoms with Crippen LogP contribution in [0.2, 0.25) is 0 Å². The van der Waals surface area contributed by atoms with Gasteiger partial charge in [0.15, 0.2) is 5.65 Å². The van der Waals surface area contributed by atoms with Crippen LogP contribution in [0, 0.1) is 27.7 Å². The van der Waals surface area contributed by atoms with Crippen molar-refractivity contribution in [2.75, 3.05) is 6.54 Å². The number of benzene rings is 1. The first-order valence-corrected chi connectivity index (χ1v) is 9.38. The quantitative estimate of drug-likeness (QED) is 0.573. The number of hydrogen-bond donors (Lipinski definition) is 2. The van der Waals surface area contributed by atoms with Crippen LogP contribution in [0.3, 0.4) is 0 Å². The Bertz CT molecular complexity index is 1180. The molecule has 0 saturated carbocycles. The van der Waals surface area contributed by atoms with Crippen molar-refractivity contribution in [2.24, 2.45) is 7.05 Å². The second-order valence-corrected chi connectivity index (χ2v) is 7.36. The number of fused-ring (bicyclic) bond motifs is 2. The SMILES string of the molecule is Cc1cc(C(=O)NCCc2nc3cc(C)c(C)cc3[nH]2)c2c(C)nn(C)c2n1. The Morgan fingerprint density at radius 3 is 2.64 bits per heavy atom. The summed E-state index contributed by atoms with van der Waals surface area (Å²) >= 11 is 0. The number of pyridine rings is 1. The minimum absolute atomic E-state index is 0.116. The number of hydrogen-bond acceptors (Lipinski definition) is 4. The van der Waals surface area contributed by atoms with E-state index in [1.165, 1.54) is 11.1 Å². The number of amides is 1. The molecule has 0 unspecified atom stereocenters. The van der Waals surface area contributed by atoms with Crippen molar-refractivity contribution in [3.8, 4) is 0 Å². The zero-order chi connectivity index (χ0) is 20.0. The highest BCUT2D eigenvalue weighted by molar-refractivity contribution is 6.06. The number of nitrogens with one attached hydrogen (secondary N) is 2. The van der Waals surface area contributed by atoms with Crippen LogP contribution >= 0.6 is 0 Å². The summed E-state index contributed by atoms with van der Waals surface area (Å²) in [6, 6.07) is 6.02. The zero-order valence-corrected chi connectivity index (χ0v) is 16.8. The molecule has 3 aromatic heterocycles. The third-order valence-corrected chi connectivity index (χ3v) is 5.14. The fraction of sp³-hybridized carbons (Fsp3) is 0.333. The molecule has 4 rings (SSSR count). The maximum Gasteiger partial charge on any atom is 0.252 e. The number of H-pyrrole nitrogens is 1. The molecule has 0 aliphatic rings. The van der Waals surface area contributed by atoms with E-state index in [0.717, 1.165) is 39.3 Å². The topological polar surface area (TPSA) is 88.5 Å². The Hall–Kier alpha value is -3.22. The number of rotatable bonds is 4. The van der Waals surface area contributed by atoms with Gasteiger partial charge in [0.2, 0.25) is 0 Å². The van der Waals surface area contributed by atoms with Gasteiger partial charge in [-0.05, 0) is 57.0 Å². The number of aromatic amines is 1. The average Bonchev–Trinajstić information content (AvgIpc) is 3.14. The number of nitrogens with zero attached hydrogens (tertiary/aromatic N) is 4. The molecule has 0 saturated heterocycles. The van der Waals surface area contributed by atoms with Crippen LogP contribution in [0.4, 0.5) is 0 Å². The summed E-state index contributed by atoms with van der Waals surface area (Å²) < 4.78 is 1.72. The van der Waals surface area contributed by atoms with E-state index in [1.54, 1.807) is 4.68 Å². The highest BCUT2D eigenvalue weighted by Crippen LogP contribution is 2.21. The van der Waals surface area contributed by atoms with Gasteiger partial charge in [0.1, 0.15) is 5.82 Å². The molecule has 0 spiro atoms. The lowest BCUT2D eigenvalue weighted by molar-refractivity contribution is 0.0955. The molecule has 0 fully saturated rings. The van der Waals surface area contributed by atoms with Gasteiger partial charge in [-0.25, -0.2) is 9.97 Å². The van der Waals surface area contributed by atoms with Crippen molar-refractivity contribution in [1.29, 1.82) is 0 Å². The van der Waals surface area contributed by atoms with Crippen molar-refractivity contribution in [2.45, 2.75) is 34.1 Å². The molecule has 0 radical (unpaired) electrons. The molecule has 1 amide bonds. The molecule has 28 heavy (non-hydrogen) atoms. The summed E-state index contributed by atoms with van der Waals surface area (Å²) in [5.41, 5.74) is 7.39. The molecule has 4 aromatic rings. The monoisotopic (exact) mass is 376 g/mol. The Labute approximate surface area is 163 Å². The molecule has 7 heteroatoms. The molecular formula is C21H24N6O. The molecule has 3 heterocycles. The summed E-state index contributed by atoms with van der Waals surface area (Å²) in [5, 5.41) is 8.21. The van der Waals surface area contributed by atoms with Crippen molar-refractivity contribution in [3.63, 3.8) is 0 Å². The molecule has 0 aliphatic heterocycles. The van der Waals surface area contributed by atoms with Crippen LogP contribution < -0.4 is 5.32 Å². The van der Waals surface area contributed by atoms with E-state index in [9.17, 15) is 4.79 Å². The lowest BCUT2D eigenvalue weighted by atomic mass is 10.1. The van der Waals surface area contributed by atoms with E-state index in [-0.39, 0.29) is 5.91 Å². The molecular weight excluding hydrogens is 352 g/mol. The summed E-state index contributed by atoms with van der Waals surface area (Å²) in [7, 11) is 1.84. The number of aromatic nitrogens is 5. The van der Waals surface area contributed by atoms with Gasteiger partial charge >= 0.3 is 0 Å². The summed E-state index contributed by atoms with van der Waals surface area (Å²) in [5.74, 6) is 0.753. The minimum Gasteiger partial charge on any atom is -0.352 e. The van der Waals surface area contributed by atoms with Gasteiger partial charge in [-0.15, -0.1) is 0 Å². The lowest BCUT2D eigenvalue weighted by Gasteiger charge is -2.07. The average molecular weight is 376 g/mol. The zero-order valence-electron chi connectivity index (χ0n) is 16.8. The molecule has 1 aromatic carbocycles. The summed E-state index contributed by atoms with van der Waals surface area (Å²) in [6.45, 7) is 8.46. The van der Waals surface area contributed by atoms with Gasteiger partial charge in [0.25, 0.3) is 5.91 Å². The molecule has 7 nitrogen and oxygen atoms in total. The Morgan fingerprint density at radius 1 is 1.11 bits per heavy atom. The fourth-order valence-electron chi connectivity index (χ4n) is 3.58. The van der Waals surface area contributed by atoms with E-state index < -0.39 is 0 Å². The van der Waals surface area contributed by atoms with Crippen LogP contribution in [-0.2, 0) is 13.5 Å². The Kier molecular flexibility index (Phi) is 4.37. The highest BCUT2D eigenvalue weighted by Gasteiger charge is 2.17. The van der Waals surface area contributed by atoms with Crippen molar-refractivity contribution in [3.05, 3.63) is 52.1 Å². The normalized spacial score (nSPS) is 11.5. The number of imidazole rings is 1. The second-order valence-electron chi connectivity index (χ2n) is 7.36. The molecule has 2 N–H and O–H groups in total. The Morgan fingerprint density at radius 2 is 1.86 bits per heavy atom. The van der Waals surface area contributed by atoms with E-state index in [4.69, 9.17) is 0 Å². The van der Waals surface area contributed by atoms with Crippen molar-refractivity contribution >= 4 is 28.0 Å². The van der Waals surface area contributed by atoms with Gasteiger partial charge < -0.3 is 10.3 Å². The molecule has 0 atom stereocenters. The fourth-order valence-corrected chi connectivity index (χ4v) is 3.58. The summed E-state index contributed by atoms with van der Waals surface area (Å²) in [4.78, 5) is 25.3. The maximum atomic E-state index is 12.8. The molecule has 144 valence electrons. The third-order valence-electron chi connectivity index (χ3n) is 5.14. The highest BCUT2D eigenvalue weighted by atomic mass is 16.1. The first-order valence-electron chi connectivity index (χ1n) is 9.38. The first-order chi connectivity index (χ1) is 13.3. The van der Waals surface area contributed by atoms with Crippen LogP contribution in [0.25, 0.3) is 22.1 Å². The summed E-state index contributed by atoms with van der Waals surface area (Å²) in [6.07, 6.45) is 0.637. The van der Waals surface area contributed by atoms with Crippen LogP contribution in [0.5, 0.6) is 0 Å². The van der Waals surface area contributed by atoms with Crippen LogP contribution in [-0.4, -0.2) is 37.2 Å². The molecule has 0 bridgehead atoms. The van der Waals surface area contributed by atoms with E-state index in [1.807, 2.05) is 27.0 Å². The van der Waals surface area contributed by atoms with Crippen molar-refractivity contribution < 1.29 is 4.79 Å². The number of aryl methyl sites for hydroxylation is 5. The van der Waals surface area contributed by atoms with Gasteiger partial charge in [-0.3, -0.25) is 9.48 Å². The maximum absolute atomic E-state index is 12.8. The number of carbonyl (C=O) groups is 1. The standard InChI is InChI=1S/C21H24N6O/c1-11-8-16-17(9-12(11)2)25-18(24-16)6-7-22-21(28)15-10-13(3)23-20-19(15)14(4)26-27(20)5/h8-10H,6-7H2,1-5H3,(H,22,28)(H,24,25). The minimum atomic E-state index is -0.116. The van der Waals surface area contributed by atoms with E-state index in [0.29, 0.717) is 18.5 Å². The van der Waals surface area contributed by atoms with Gasteiger partial charge in [-0.1, -0.05) is 0 Å². The van der Waals surface area contributed by atoms with Gasteiger partial charge in [0, 0.05) is 25.7 Å². The second kappa shape index (κ2) is 6.74.